The summed E-state index contributed by atoms with van der Waals surface area (Å²) < 4.78 is 5.12. The number of carbonyl (C=O) groups excluding carboxylic acids is 2. The van der Waals surface area contributed by atoms with Crippen LogP contribution in [-0.4, -0.2) is 49.6 Å². The molecule has 0 spiro atoms. The van der Waals surface area contributed by atoms with Crippen molar-refractivity contribution in [2.45, 2.75) is 25.3 Å². The van der Waals surface area contributed by atoms with Gasteiger partial charge in [0, 0.05) is 31.7 Å². The predicted octanol–water partition coefficient (Wildman–Crippen LogP) is 1.61. The minimum atomic E-state index is -0.122. The molecule has 3 amide bonds. The first-order chi connectivity index (χ1) is 10.7. The maximum Gasteiger partial charge on any atom is 0.317 e. The Morgan fingerprint density at radius 3 is 2.55 bits per heavy atom. The minimum absolute atomic E-state index is 0.0388. The Morgan fingerprint density at radius 2 is 1.91 bits per heavy atom. The number of carbonyl (C=O) groups is 2. The van der Waals surface area contributed by atoms with Gasteiger partial charge in [-0.2, -0.15) is 0 Å². The smallest absolute Gasteiger partial charge is 0.317 e. The lowest BCUT2D eigenvalue weighted by molar-refractivity contribution is -0.117. The van der Waals surface area contributed by atoms with Crippen molar-refractivity contribution >= 4 is 17.6 Å². The van der Waals surface area contributed by atoms with E-state index in [2.05, 4.69) is 5.32 Å². The third-order valence-electron chi connectivity index (χ3n) is 4.23. The molecule has 0 aromatic heterocycles. The summed E-state index contributed by atoms with van der Waals surface area (Å²) in [6.07, 6.45) is 2.48. The number of likely N-dealkylation sites (tertiary alicyclic amines) is 1. The molecular formula is C16H21N3O3. The summed E-state index contributed by atoms with van der Waals surface area (Å²) in [5, 5.41) is 2.97. The number of amides is 3. The number of nitrogens with zero attached hydrogens (tertiary/aromatic N) is 2. The average Bonchev–Trinajstić information content (AvgIpc) is 3.17. The van der Waals surface area contributed by atoms with Crippen LogP contribution in [0.3, 0.4) is 0 Å². The molecule has 1 aromatic rings. The highest BCUT2D eigenvalue weighted by molar-refractivity contribution is 5.96. The van der Waals surface area contributed by atoms with Gasteiger partial charge >= 0.3 is 6.03 Å². The summed E-state index contributed by atoms with van der Waals surface area (Å²) in [5.41, 5.74) is 0.837. The zero-order valence-electron chi connectivity index (χ0n) is 12.7. The number of urea groups is 1. The van der Waals surface area contributed by atoms with Crippen LogP contribution in [0.15, 0.2) is 24.3 Å². The van der Waals surface area contributed by atoms with Crippen LogP contribution in [0.4, 0.5) is 10.5 Å². The summed E-state index contributed by atoms with van der Waals surface area (Å²) in [6.45, 7) is 2.15. The lowest BCUT2D eigenvalue weighted by atomic mass is 10.2. The number of anilines is 1. The van der Waals surface area contributed by atoms with Gasteiger partial charge in [-0.15, -0.1) is 0 Å². The van der Waals surface area contributed by atoms with Gasteiger partial charge in [0.25, 0.3) is 0 Å². The van der Waals surface area contributed by atoms with E-state index in [1.165, 1.54) is 0 Å². The van der Waals surface area contributed by atoms with Gasteiger partial charge in [-0.3, -0.25) is 4.79 Å². The van der Waals surface area contributed by atoms with E-state index in [-0.39, 0.29) is 18.0 Å². The largest absolute Gasteiger partial charge is 0.497 e. The number of benzene rings is 1. The van der Waals surface area contributed by atoms with E-state index in [0.717, 1.165) is 37.4 Å². The molecule has 2 fully saturated rings. The molecule has 0 unspecified atom stereocenters. The number of ether oxygens (including phenoxy) is 1. The maximum absolute atomic E-state index is 12.2. The van der Waals surface area contributed by atoms with E-state index in [9.17, 15) is 9.59 Å². The SMILES string of the molecule is COc1ccc(N2C[C@@H](NC(=O)N3CCCC3)CC2=O)cc1. The fraction of sp³-hybridized carbons (Fsp3) is 0.500. The van der Waals surface area contributed by atoms with E-state index >= 15 is 0 Å². The molecule has 2 heterocycles. The molecular weight excluding hydrogens is 282 g/mol. The minimum Gasteiger partial charge on any atom is -0.497 e. The monoisotopic (exact) mass is 303 g/mol. The van der Waals surface area contributed by atoms with Crippen molar-refractivity contribution in [1.29, 1.82) is 0 Å². The summed E-state index contributed by atoms with van der Waals surface area (Å²) in [7, 11) is 1.61. The van der Waals surface area contributed by atoms with Crippen molar-refractivity contribution in [2.75, 3.05) is 31.6 Å². The molecule has 22 heavy (non-hydrogen) atoms. The van der Waals surface area contributed by atoms with Crippen molar-refractivity contribution in [1.82, 2.24) is 10.2 Å². The quantitative estimate of drug-likeness (QED) is 0.922. The number of methoxy groups -OCH3 is 1. The van der Waals surface area contributed by atoms with E-state index in [1.54, 1.807) is 12.0 Å². The van der Waals surface area contributed by atoms with Gasteiger partial charge in [0.1, 0.15) is 5.75 Å². The van der Waals surface area contributed by atoms with E-state index in [1.807, 2.05) is 29.2 Å². The van der Waals surface area contributed by atoms with Gasteiger partial charge in [-0.25, -0.2) is 4.79 Å². The zero-order chi connectivity index (χ0) is 15.5. The topological polar surface area (TPSA) is 61.9 Å². The third-order valence-corrected chi connectivity index (χ3v) is 4.23. The molecule has 0 saturated carbocycles. The average molecular weight is 303 g/mol. The van der Waals surface area contributed by atoms with Crippen LogP contribution < -0.4 is 15.0 Å². The van der Waals surface area contributed by atoms with Crippen molar-refractivity contribution in [2.24, 2.45) is 0 Å². The Kier molecular flexibility index (Phi) is 4.18. The molecule has 1 aromatic carbocycles. The molecule has 6 nitrogen and oxygen atoms in total. The van der Waals surface area contributed by atoms with E-state index in [4.69, 9.17) is 4.74 Å². The van der Waals surface area contributed by atoms with Crippen LogP contribution in [0.2, 0.25) is 0 Å². The highest BCUT2D eigenvalue weighted by Crippen LogP contribution is 2.24. The Morgan fingerprint density at radius 1 is 1.23 bits per heavy atom. The first kappa shape index (κ1) is 14.7. The molecule has 2 aliphatic rings. The van der Waals surface area contributed by atoms with Crippen molar-refractivity contribution in [3.8, 4) is 5.75 Å². The fourth-order valence-corrected chi connectivity index (χ4v) is 3.00. The Labute approximate surface area is 130 Å². The van der Waals surface area contributed by atoms with Crippen molar-refractivity contribution < 1.29 is 14.3 Å². The summed E-state index contributed by atoms with van der Waals surface area (Å²) in [5.74, 6) is 0.797. The summed E-state index contributed by atoms with van der Waals surface area (Å²) in [6, 6.07) is 7.22. The highest BCUT2D eigenvalue weighted by atomic mass is 16.5. The first-order valence-corrected chi connectivity index (χ1v) is 7.67. The van der Waals surface area contributed by atoms with Crippen LogP contribution in [0.25, 0.3) is 0 Å². The lowest BCUT2D eigenvalue weighted by Gasteiger charge is -2.20. The van der Waals surface area contributed by atoms with Gasteiger partial charge in [0.05, 0.1) is 13.2 Å². The van der Waals surface area contributed by atoms with Gasteiger partial charge in [-0.05, 0) is 37.1 Å². The predicted molar refractivity (Wildman–Crippen MR) is 83.1 cm³/mol. The van der Waals surface area contributed by atoms with E-state index < -0.39 is 0 Å². The standard InChI is InChI=1S/C16H21N3O3/c1-22-14-6-4-13(5-7-14)19-11-12(10-15(19)20)17-16(21)18-8-2-3-9-18/h4-7,12H,2-3,8-11H2,1H3,(H,17,21)/t12-/m0/s1. The molecule has 6 heteroatoms. The second kappa shape index (κ2) is 6.25. The molecule has 118 valence electrons. The number of nitrogens with one attached hydrogen (secondary N) is 1. The van der Waals surface area contributed by atoms with Gasteiger partial charge in [-0.1, -0.05) is 0 Å². The highest BCUT2D eigenvalue weighted by Gasteiger charge is 2.32. The Balaban J connectivity index is 1.61. The van der Waals surface area contributed by atoms with Crippen LogP contribution in [-0.2, 0) is 4.79 Å². The Hall–Kier alpha value is -2.24. The second-order valence-electron chi connectivity index (χ2n) is 5.75. The Bertz CT molecular complexity index is 552. The third kappa shape index (κ3) is 3.00. The molecule has 0 bridgehead atoms. The number of hydrogen-bond acceptors (Lipinski definition) is 3. The van der Waals surface area contributed by atoms with Crippen LogP contribution in [0, 0.1) is 0 Å². The molecule has 1 atom stereocenters. The van der Waals surface area contributed by atoms with Gasteiger partial charge in [0.15, 0.2) is 0 Å². The number of rotatable bonds is 3. The maximum atomic E-state index is 12.2. The summed E-state index contributed by atoms with van der Waals surface area (Å²) >= 11 is 0. The second-order valence-corrected chi connectivity index (χ2v) is 5.75. The normalized spacial score (nSPS) is 21.3. The van der Waals surface area contributed by atoms with Gasteiger partial charge in [0.2, 0.25) is 5.91 Å². The zero-order valence-corrected chi connectivity index (χ0v) is 12.7. The van der Waals surface area contributed by atoms with Crippen molar-refractivity contribution in [3.05, 3.63) is 24.3 Å². The lowest BCUT2D eigenvalue weighted by Crippen LogP contribution is -2.44. The molecule has 2 aliphatic heterocycles. The van der Waals surface area contributed by atoms with Crippen molar-refractivity contribution in [3.63, 3.8) is 0 Å². The van der Waals surface area contributed by atoms with Crippen LogP contribution in [0.5, 0.6) is 5.75 Å². The molecule has 0 radical (unpaired) electrons. The fourth-order valence-electron chi connectivity index (χ4n) is 3.00. The van der Waals surface area contributed by atoms with Crippen LogP contribution >= 0.6 is 0 Å². The van der Waals surface area contributed by atoms with E-state index in [0.29, 0.717) is 13.0 Å². The van der Waals surface area contributed by atoms with Gasteiger partial charge < -0.3 is 19.9 Å². The molecule has 3 rings (SSSR count). The molecule has 0 aliphatic carbocycles. The number of hydrogen-bond donors (Lipinski definition) is 1. The molecule has 1 N–H and O–H groups in total. The first-order valence-electron chi connectivity index (χ1n) is 7.67. The molecule has 2 saturated heterocycles. The summed E-state index contributed by atoms with van der Waals surface area (Å²) in [4.78, 5) is 27.8. The van der Waals surface area contributed by atoms with Crippen LogP contribution in [0.1, 0.15) is 19.3 Å².